The van der Waals surface area contributed by atoms with E-state index in [9.17, 15) is 18.0 Å². The van der Waals surface area contributed by atoms with E-state index in [1.54, 1.807) is 18.2 Å². The second-order valence-corrected chi connectivity index (χ2v) is 3.71. The smallest absolute Gasteiger partial charge is 0.373 e. The summed E-state index contributed by atoms with van der Waals surface area (Å²) in [5.74, 6) is -0.309. The predicted molar refractivity (Wildman–Crippen MR) is 57.0 cm³/mol. The Morgan fingerprint density at radius 2 is 2.06 bits per heavy atom. The fourth-order valence-electron chi connectivity index (χ4n) is 1.25. The van der Waals surface area contributed by atoms with Crippen molar-refractivity contribution in [2.45, 2.75) is 19.5 Å². The highest BCUT2D eigenvalue weighted by Crippen LogP contribution is 2.19. The first-order valence-electron chi connectivity index (χ1n) is 5.13. The van der Waals surface area contributed by atoms with Crippen molar-refractivity contribution >= 4 is 5.78 Å². The van der Waals surface area contributed by atoms with Crippen LogP contribution >= 0.6 is 0 Å². The van der Waals surface area contributed by atoms with Gasteiger partial charge in [-0.25, -0.2) is 0 Å². The fraction of sp³-hybridized carbons (Fsp3) is 0.417. The summed E-state index contributed by atoms with van der Waals surface area (Å²) in [6, 6.07) is 6.84. The van der Waals surface area contributed by atoms with Gasteiger partial charge in [0.2, 0.25) is 0 Å². The Balaban J connectivity index is 2.36. The number of halogens is 3. The summed E-state index contributed by atoms with van der Waals surface area (Å²) < 4.78 is 40.1. The number of ketones is 1. The number of alkyl halides is 3. The molecule has 17 heavy (non-hydrogen) atoms. The number of aryl methyl sites for hydroxylation is 1. The minimum absolute atomic E-state index is 0.309. The highest BCUT2D eigenvalue weighted by atomic mass is 19.4. The van der Waals surface area contributed by atoms with Gasteiger partial charge in [-0.3, -0.25) is 4.79 Å². The van der Waals surface area contributed by atoms with Crippen molar-refractivity contribution in [1.82, 2.24) is 0 Å². The number of carbonyl (C=O) groups is 1. The second-order valence-electron chi connectivity index (χ2n) is 3.71. The zero-order valence-corrected chi connectivity index (χ0v) is 9.38. The van der Waals surface area contributed by atoms with Gasteiger partial charge >= 0.3 is 6.18 Å². The van der Waals surface area contributed by atoms with Crippen LogP contribution in [-0.4, -0.2) is 25.2 Å². The van der Waals surface area contributed by atoms with E-state index in [2.05, 4.69) is 0 Å². The fourth-order valence-corrected chi connectivity index (χ4v) is 1.25. The minimum atomic E-state index is -4.24. The maximum absolute atomic E-state index is 11.8. The van der Waals surface area contributed by atoms with Gasteiger partial charge in [0.05, 0.1) is 13.0 Å². The third kappa shape index (κ3) is 5.49. The summed E-state index contributed by atoms with van der Waals surface area (Å²) in [6.07, 6.45) is -5.28. The lowest BCUT2D eigenvalue weighted by Crippen LogP contribution is -2.15. The lowest BCUT2D eigenvalue weighted by atomic mass is 10.1. The van der Waals surface area contributed by atoms with Crippen molar-refractivity contribution in [3.8, 4) is 0 Å². The van der Waals surface area contributed by atoms with Crippen LogP contribution in [0.15, 0.2) is 24.3 Å². The summed E-state index contributed by atoms with van der Waals surface area (Å²) >= 11 is 0. The Morgan fingerprint density at radius 3 is 2.65 bits per heavy atom. The lowest BCUT2D eigenvalue weighted by molar-refractivity contribution is -0.144. The molecular formula is C12H13F3O2. The average Bonchev–Trinajstić information content (AvgIpc) is 2.23. The average molecular weight is 246 g/mol. The summed E-state index contributed by atoms with van der Waals surface area (Å²) in [5, 5.41) is 0. The third-order valence-corrected chi connectivity index (χ3v) is 2.10. The molecule has 0 fully saturated rings. The van der Waals surface area contributed by atoms with Crippen LogP contribution in [0.4, 0.5) is 13.2 Å². The Kier molecular flexibility index (Phi) is 4.69. The van der Waals surface area contributed by atoms with E-state index >= 15 is 0 Å². The highest BCUT2D eigenvalue weighted by Gasteiger charge is 2.26. The summed E-state index contributed by atoms with van der Waals surface area (Å²) in [4.78, 5) is 11.5. The Morgan fingerprint density at radius 1 is 1.35 bits per heavy atom. The number of rotatable bonds is 5. The number of Topliss-reactive ketones (excluding diaryl/α,β-unsaturated/α-hetero) is 1. The van der Waals surface area contributed by atoms with Crippen molar-refractivity contribution < 1.29 is 22.7 Å². The van der Waals surface area contributed by atoms with E-state index in [0.29, 0.717) is 5.56 Å². The molecule has 1 aromatic rings. The van der Waals surface area contributed by atoms with Crippen LogP contribution in [0.3, 0.4) is 0 Å². The standard InChI is InChI=1S/C12H13F3O2/c1-9-3-2-4-10(7-9)11(16)8-17-6-5-12(13,14)15/h2-4,7H,5-6,8H2,1H3. The largest absolute Gasteiger partial charge is 0.391 e. The number of hydrogen-bond acceptors (Lipinski definition) is 2. The van der Waals surface area contributed by atoms with E-state index in [-0.39, 0.29) is 12.4 Å². The van der Waals surface area contributed by atoms with Gasteiger partial charge in [-0.1, -0.05) is 23.8 Å². The van der Waals surface area contributed by atoms with Gasteiger partial charge in [-0.05, 0) is 13.0 Å². The van der Waals surface area contributed by atoms with Gasteiger partial charge in [0.25, 0.3) is 0 Å². The van der Waals surface area contributed by atoms with Gasteiger partial charge in [0, 0.05) is 5.56 Å². The zero-order chi connectivity index (χ0) is 12.9. The van der Waals surface area contributed by atoms with Gasteiger partial charge < -0.3 is 4.74 Å². The number of carbonyl (C=O) groups excluding carboxylic acids is 1. The van der Waals surface area contributed by atoms with E-state index in [0.717, 1.165) is 5.56 Å². The molecule has 0 saturated carbocycles. The Labute approximate surface area is 97.4 Å². The first-order valence-corrected chi connectivity index (χ1v) is 5.13. The minimum Gasteiger partial charge on any atom is -0.373 e. The SMILES string of the molecule is Cc1cccc(C(=O)COCCC(F)(F)F)c1. The van der Waals surface area contributed by atoms with E-state index in [1.807, 2.05) is 13.0 Å². The molecule has 0 unspecified atom stereocenters. The van der Waals surface area contributed by atoms with Crippen LogP contribution in [0.2, 0.25) is 0 Å². The Bertz CT molecular complexity index is 386. The van der Waals surface area contributed by atoms with Gasteiger partial charge in [-0.15, -0.1) is 0 Å². The number of benzene rings is 1. The van der Waals surface area contributed by atoms with Crippen LogP contribution in [0.25, 0.3) is 0 Å². The van der Waals surface area contributed by atoms with Crippen LogP contribution < -0.4 is 0 Å². The summed E-state index contributed by atoms with van der Waals surface area (Å²) in [5.41, 5.74) is 1.38. The van der Waals surface area contributed by atoms with Crippen LogP contribution in [-0.2, 0) is 4.74 Å². The zero-order valence-electron chi connectivity index (χ0n) is 9.38. The van der Waals surface area contributed by atoms with Gasteiger partial charge in [-0.2, -0.15) is 13.2 Å². The molecule has 0 N–H and O–H groups in total. The van der Waals surface area contributed by atoms with Gasteiger partial charge in [0.15, 0.2) is 5.78 Å². The molecule has 0 aliphatic carbocycles. The van der Waals surface area contributed by atoms with Crippen LogP contribution in [0.5, 0.6) is 0 Å². The molecule has 0 spiro atoms. The van der Waals surface area contributed by atoms with Crippen molar-refractivity contribution in [2.24, 2.45) is 0 Å². The molecule has 2 nitrogen and oxygen atoms in total. The normalized spacial score (nSPS) is 11.5. The molecule has 0 heterocycles. The Hall–Kier alpha value is -1.36. The molecule has 0 aliphatic rings. The monoisotopic (exact) mass is 246 g/mol. The van der Waals surface area contributed by atoms with Crippen molar-refractivity contribution in [3.63, 3.8) is 0 Å². The van der Waals surface area contributed by atoms with Crippen LogP contribution in [0.1, 0.15) is 22.3 Å². The summed E-state index contributed by atoms with van der Waals surface area (Å²) in [7, 11) is 0. The molecule has 1 rings (SSSR count). The molecule has 94 valence electrons. The molecule has 0 atom stereocenters. The van der Waals surface area contributed by atoms with Crippen molar-refractivity contribution in [2.75, 3.05) is 13.2 Å². The van der Waals surface area contributed by atoms with Crippen LogP contribution in [0, 0.1) is 6.92 Å². The molecule has 0 saturated heterocycles. The first kappa shape index (κ1) is 13.7. The van der Waals surface area contributed by atoms with E-state index in [4.69, 9.17) is 4.74 Å². The quantitative estimate of drug-likeness (QED) is 0.589. The molecule has 0 aromatic heterocycles. The number of hydrogen-bond donors (Lipinski definition) is 0. The topological polar surface area (TPSA) is 26.3 Å². The van der Waals surface area contributed by atoms with Crippen molar-refractivity contribution in [1.29, 1.82) is 0 Å². The van der Waals surface area contributed by atoms with Crippen molar-refractivity contribution in [3.05, 3.63) is 35.4 Å². The molecule has 0 bridgehead atoms. The molecule has 0 amide bonds. The van der Waals surface area contributed by atoms with E-state index in [1.165, 1.54) is 0 Å². The second kappa shape index (κ2) is 5.82. The molecule has 1 aromatic carbocycles. The van der Waals surface area contributed by atoms with Gasteiger partial charge in [0.1, 0.15) is 6.61 Å². The van der Waals surface area contributed by atoms with E-state index < -0.39 is 19.2 Å². The maximum atomic E-state index is 11.8. The first-order chi connectivity index (χ1) is 7.88. The lowest BCUT2D eigenvalue weighted by Gasteiger charge is -2.07. The molecule has 5 heteroatoms. The highest BCUT2D eigenvalue weighted by molar-refractivity contribution is 5.97. The predicted octanol–water partition coefficient (Wildman–Crippen LogP) is 3.15. The maximum Gasteiger partial charge on any atom is 0.391 e. The molecule has 0 radical (unpaired) electrons. The number of ether oxygens (including phenoxy) is 1. The molecule has 0 aliphatic heterocycles. The summed E-state index contributed by atoms with van der Waals surface area (Å²) in [6.45, 7) is 1.03. The third-order valence-electron chi connectivity index (χ3n) is 2.10. The molecular weight excluding hydrogens is 233 g/mol.